The van der Waals surface area contributed by atoms with Crippen molar-refractivity contribution < 1.29 is 4.79 Å². The van der Waals surface area contributed by atoms with Crippen molar-refractivity contribution >= 4 is 5.78 Å². The second-order valence-electron chi connectivity index (χ2n) is 7.85. The van der Waals surface area contributed by atoms with E-state index in [2.05, 4.69) is 38.2 Å². The van der Waals surface area contributed by atoms with Crippen molar-refractivity contribution in [1.82, 2.24) is 5.32 Å². The third kappa shape index (κ3) is 3.21. The molecule has 0 amide bonds. The molecule has 0 aliphatic carbocycles. The van der Waals surface area contributed by atoms with Crippen LogP contribution >= 0.6 is 0 Å². The number of nitrogens with one attached hydrogen (secondary N) is 1. The molecule has 1 aromatic rings. The van der Waals surface area contributed by atoms with Gasteiger partial charge in [-0.05, 0) is 42.7 Å². The maximum absolute atomic E-state index is 12.9. The Morgan fingerprint density at radius 1 is 1.14 bits per heavy atom. The van der Waals surface area contributed by atoms with Crippen molar-refractivity contribution in [3.63, 3.8) is 0 Å². The van der Waals surface area contributed by atoms with Crippen molar-refractivity contribution in [2.45, 2.75) is 70.4 Å². The molecule has 1 N–H and O–H groups in total. The summed E-state index contributed by atoms with van der Waals surface area (Å²) in [5.74, 6) is 0.580. The van der Waals surface area contributed by atoms with Gasteiger partial charge < -0.3 is 5.32 Å². The maximum Gasteiger partial charge on any atom is 0.166 e. The van der Waals surface area contributed by atoms with Gasteiger partial charge in [-0.2, -0.15) is 0 Å². The first-order chi connectivity index (χ1) is 9.93. The minimum atomic E-state index is 0.0981. The highest BCUT2D eigenvalue weighted by Crippen LogP contribution is 2.32. The van der Waals surface area contributed by atoms with Gasteiger partial charge in [0.2, 0.25) is 0 Å². The van der Waals surface area contributed by atoms with Crippen LogP contribution in [0.3, 0.4) is 0 Å². The van der Waals surface area contributed by atoms with Gasteiger partial charge in [-0.25, -0.2) is 0 Å². The van der Waals surface area contributed by atoms with Gasteiger partial charge in [-0.15, -0.1) is 0 Å². The minimum absolute atomic E-state index is 0.0981. The van der Waals surface area contributed by atoms with Crippen LogP contribution in [0.1, 0.15) is 68.8 Å². The highest BCUT2D eigenvalue weighted by atomic mass is 16.1. The van der Waals surface area contributed by atoms with E-state index in [1.54, 1.807) is 0 Å². The molecule has 2 fully saturated rings. The Bertz CT molecular complexity index is 517. The molecule has 0 saturated carbocycles. The fourth-order valence-electron chi connectivity index (χ4n) is 3.85. The standard InChI is InChI=1S/C19H27NO/c1-19(2,3)15-7-4-6-13(10-15)18(21)14-11-16-8-5-9-17(12-14)20-16/h4,6-7,10,14,16-17,20H,5,8-9,11-12H2,1-3H3. The van der Waals surface area contributed by atoms with Crippen molar-refractivity contribution in [1.29, 1.82) is 0 Å². The zero-order valence-corrected chi connectivity index (χ0v) is 13.5. The molecule has 1 aromatic carbocycles. The Morgan fingerprint density at radius 3 is 2.43 bits per heavy atom. The van der Waals surface area contributed by atoms with E-state index in [1.807, 2.05) is 12.1 Å². The van der Waals surface area contributed by atoms with E-state index < -0.39 is 0 Å². The van der Waals surface area contributed by atoms with Crippen LogP contribution in [0.2, 0.25) is 0 Å². The van der Waals surface area contributed by atoms with Gasteiger partial charge in [-0.1, -0.05) is 45.4 Å². The van der Waals surface area contributed by atoms with Gasteiger partial charge in [0.05, 0.1) is 0 Å². The largest absolute Gasteiger partial charge is 0.311 e. The van der Waals surface area contributed by atoms with E-state index >= 15 is 0 Å². The number of carbonyl (C=O) groups is 1. The quantitative estimate of drug-likeness (QED) is 0.829. The first-order valence-electron chi connectivity index (χ1n) is 8.34. The van der Waals surface area contributed by atoms with E-state index in [4.69, 9.17) is 0 Å². The number of Topliss-reactive ketones (excluding diaryl/α,β-unsaturated/α-hetero) is 1. The first kappa shape index (κ1) is 14.8. The SMILES string of the molecule is CC(C)(C)c1cccc(C(=O)C2CC3CCCC(C2)N3)c1. The van der Waals surface area contributed by atoms with E-state index in [0.717, 1.165) is 18.4 Å². The van der Waals surface area contributed by atoms with Crippen molar-refractivity contribution in [3.05, 3.63) is 35.4 Å². The Labute approximate surface area is 128 Å². The summed E-state index contributed by atoms with van der Waals surface area (Å²) in [6, 6.07) is 9.41. The average Bonchev–Trinajstić information content (AvgIpc) is 2.45. The van der Waals surface area contributed by atoms with Crippen LogP contribution in [-0.2, 0) is 5.41 Å². The van der Waals surface area contributed by atoms with Gasteiger partial charge in [0.1, 0.15) is 0 Å². The third-order valence-electron chi connectivity index (χ3n) is 5.10. The lowest BCUT2D eigenvalue weighted by Crippen LogP contribution is -2.50. The smallest absolute Gasteiger partial charge is 0.166 e. The third-order valence-corrected chi connectivity index (χ3v) is 5.10. The molecule has 0 radical (unpaired) electrons. The summed E-state index contributed by atoms with van der Waals surface area (Å²) in [6.45, 7) is 6.60. The lowest BCUT2D eigenvalue weighted by molar-refractivity contribution is 0.0825. The normalized spacial score (nSPS) is 29.2. The van der Waals surface area contributed by atoms with Crippen LogP contribution in [0.15, 0.2) is 24.3 Å². The molecule has 2 saturated heterocycles. The fraction of sp³-hybridized carbons (Fsp3) is 0.632. The Hall–Kier alpha value is -1.15. The molecule has 0 aromatic heterocycles. The molecule has 114 valence electrons. The summed E-state index contributed by atoms with van der Waals surface area (Å²) in [5, 5.41) is 3.67. The summed E-state index contributed by atoms with van der Waals surface area (Å²) in [7, 11) is 0. The Kier molecular flexibility index (Phi) is 3.92. The van der Waals surface area contributed by atoms with Crippen LogP contribution < -0.4 is 5.32 Å². The molecule has 21 heavy (non-hydrogen) atoms. The second kappa shape index (κ2) is 5.57. The number of fused-ring (bicyclic) bond motifs is 2. The van der Waals surface area contributed by atoms with Crippen molar-refractivity contribution in [2.75, 3.05) is 0 Å². The highest BCUT2D eigenvalue weighted by molar-refractivity contribution is 5.98. The van der Waals surface area contributed by atoms with Gasteiger partial charge in [0, 0.05) is 23.6 Å². The lowest BCUT2D eigenvalue weighted by Gasteiger charge is -2.39. The van der Waals surface area contributed by atoms with Gasteiger partial charge in [0.15, 0.2) is 5.78 Å². The molecule has 2 unspecified atom stereocenters. The average molecular weight is 285 g/mol. The van der Waals surface area contributed by atoms with Crippen molar-refractivity contribution in [2.24, 2.45) is 5.92 Å². The second-order valence-corrected chi connectivity index (χ2v) is 7.85. The predicted octanol–water partition coefficient (Wildman–Crippen LogP) is 4.09. The molecule has 3 rings (SSSR count). The number of hydrogen-bond acceptors (Lipinski definition) is 2. The number of piperidine rings is 2. The van der Waals surface area contributed by atoms with E-state index in [-0.39, 0.29) is 11.3 Å². The molecule has 2 atom stereocenters. The van der Waals surface area contributed by atoms with Crippen LogP contribution in [0.4, 0.5) is 0 Å². The topological polar surface area (TPSA) is 29.1 Å². The van der Waals surface area contributed by atoms with Gasteiger partial charge in [-0.3, -0.25) is 4.79 Å². The monoisotopic (exact) mass is 285 g/mol. The Morgan fingerprint density at radius 2 is 1.81 bits per heavy atom. The molecule has 2 aliphatic rings. The summed E-state index contributed by atoms with van der Waals surface area (Å²) in [6.07, 6.45) is 5.84. The first-order valence-corrected chi connectivity index (χ1v) is 8.34. The maximum atomic E-state index is 12.9. The summed E-state index contributed by atoms with van der Waals surface area (Å²) >= 11 is 0. The molecule has 0 spiro atoms. The van der Waals surface area contributed by atoms with Crippen LogP contribution in [0.5, 0.6) is 0 Å². The summed E-state index contributed by atoms with van der Waals surface area (Å²) in [5.41, 5.74) is 2.26. The molecule has 2 bridgehead atoms. The molecule has 2 heteroatoms. The zero-order chi connectivity index (χ0) is 15.0. The summed E-state index contributed by atoms with van der Waals surface area (Å²) in [4.78, 5) is 12.9. The van der Waals surface area contributed by atoms with Crippen molar-refractivity contribution in [3.8, 4) is 0 Å². The van der Waals surface area contributed by atoms with Crippen LogP contribution in [0.25, 0.3) is 0 Å². The number of carbonyl (C=O) groups excluding carboxylic acids is 1. The Balaban J connectivity index is 1.79. The predicted molar refractivity (Wildman–Crippen MR) is 86.8 cm³/mol. The molecule has 2 aliphatic heterocycles. The fourth-order valence-corrected chi connectivity index (χ4v) is 3.85. The molecule has 2 nitrogen and oxygen atoms in total. The van der Waals surface area contributed by atoms with E-state index in [0.29, 0.717) is 17.9 Å². The lowest BCUT2D eigenvalue weighted by atomic mass is 9.76. The number of hydrogen-bond donors (Lipinski definition) is 1. The zero-order valence-electron chi connectivity index (χ0n) is 13.5. The number of benzene rings is 1. The number of rotatable bonds is 2. The van der Waals surface area contributed by atoms with Crippen LogP contribution in [0, 0.1) is 5.92 Å². The number of ketones is 1. The van der Waals surface area contributed by atoms with Crippen LogP contribution in [-0.4, -0.2) is 17.9 Å². The molecular formula is C19H27NO. The molecular weight excluding hydrogens is 258 g/mol. The van der Waals surface area contributed by atoms with Gasteiger partial charge in [0.25, 0.3) is 0 Å². The van der Waals surface area contributed by atoms with Gasteiger partial charge >= 0.3 is 0 Å². The van der Waals surface area contributed by atoms with E-state index in [1.165, 1.54) is 24.8 Å². The highest BCUT2D eigenvalue weighted by Gasteiger charge is 2.35. The molecule has 2 heterocycles. The minimum Gasteiger partial charge on any atom is -0.311 e. The summed E-state index contributed by atoms with van der Waals surface area (Å²) < 4.78 is 0. The van der Waals surface area contributed by atoms with E-state index in [9.17, 15) is 4.79 Å².